The van der Waals surface area contributed by atoms with E-state index in [1.807, 2.05) is 6.08 Å². The molecule has 28 heavy (non-hydrogen) atoms. The summed E-state index contributed by atoms with van der Waals surface area (Å²) in [6.45, 7) is 18.8. The first-order valence-corrected chi connectivity index (χ1v) is 10.5. The SMILES string of the molecule is C=CC(=C)/C=c1/c(N2CCC3(CC2)CNC3)nc(C2CCN(C)CC2)nc1=C. The molecule has 1 N–H and O–H groups in total. The number of nitrogens with one attached hydrogen (secondary N) is 1. The van der Waals surface area contributed by atoms with E-state index < -0.39 is 0 Å². The summed E-state index contributed by atoms with van der Waals surface area (Å²) in [5, 5.41) is 5.27. The van der Waals surface area contributed by atoms with Crippen molar-refractivity contribution >= 4 is 18.5 Å². The number of piperidine rings is 2. The van der Waals surface area contributed by atoms with Gasteiger partial charge in [0.2, 0.25) is 0 Å². The quantitative estimate of drug-likeness (QED) is 0.802. The average Bonchev–Trinajstić information content (AvgIpc) is 2.68. The van der Waals surface area contributed by atoms with Crippen molar-refractivity contribution in [3.63, 3.8) is 0 Å². The first kappa shape index (κ1) is 19.3. The van der Waals surface area contributed by atoms with Crippen LogP contribution in [0.15, 0.2) is 24.8 Å². The van der Waals surface area contributed by atoms with Gasteiger partial charge in [0.05, 0.1) is 5.35 Å². The van der Waals surface area contributed by atoms with Gasteiger partial charge in [0.15, 0.2) is 0 Å². The van der Waals surface area contributed by atoms with Crippen molar-refractivity contribution in [2.75, 3.05) is 51.2 Å². The van der Waals surface area contributed by atoms with Crippen LogP contribution in [-0.4, -0.2) is 61.2 Å². The molecule has 0 aromatic carbocycles. The fourth-order valence-corrected chi connectivity index (χ4v) is 4.63. The number of nitrogens with zero attached hydrogens (tertiary/aromatic N) is 4. The molecule has 0 radical (unpaired) electrons. The highest BCUT2D eigenvalue weighted by molar-refractivity contribution is 5.57. The molecule has 0 unspecified atom stereocenters. The van der Waals surface area contributed by atoms with Gasteiger partial charge in [-0.3, -0.25) is 0 Å². The molecule has 0 amide bonds. The summed E-state index contributed by atoms with van der Waals surface area (Å²) in [6, 6.07) is 0. The number of rotatable bonds is 4. The minimum absolute atomic E-state index is 0.430. The highest BCUT2D eigenvalue weighted by atomic mass is 15.2. The number of allylic oxidation sites excluding steroid dienone is 2. The minimum Gasteiger partial charge on any atom is -0.356 e. The Morgan fingerprint density at radius 1 is 1.14 bits per heavy atom. The highest BCUT2D eigenvalue weighted by Crippen LogP contribution is 2.35. The van der Waals surface area contributed by atoms with Crippen LogP contribution in [0.4, 0.5) is 5.82 Å². The standard InChI is InChI=1S/C23H33N5/c1-5-17(2)14-20-18(3)25-21(19-6-10-27(4)11-7-19)26-22(20)28-12-8-23(9-13-28)15-24-16-23/h5,14,19,24H,1-3,6-13,15-16H2,4H3/b20-14+. The summed E-state index contributed by atoms with van der Waals surface area (Å²) in [4.78, 5) is 14.8. The molecule has 3 aliphatic heterocycles. The van der Waals surface area contributed by atoms with E-state index >= 15 is 0 Å². The minimum atomic E-state index is 0.430. The van der Waals surface area contributed by atoms with E-state index in [9.17, 15) is 0 Å². The van der Waals surface area contributed by atoms with Gasteiger partial charge in [-0.25, -0.2) is 9.97 Å². The van der Waals surface area contributed by atoms with Gasteiger partial charge < -0.3 is 15.1 Å². The zero-order valence-electron chi connectivity index (χ0n) is 17.2. The zero-order chi connectivity index (χ0) is 19.7. The van der Waals surface area contributed by atoms with Crippen LogP contribution >= 0.6 is 0 Å². The maximum atomic E-state index is 5.12. The van der Waals surface area contributed by atoms with Crippen molar-refractivity contribution in [3.8, 4) is 0 Å². The molecule has 3 saturated heterocycles. The number of hydrogen-bond donors (Lipinski definition) is 1. The molecule has 3 fully saturated rings. The molecule has 1 spiro atoms. The second kappa shape index (κ2) is 7.80. The van der Waals surface area contributed by atoms with Crippen LogP contribution in [0.3, 0.4) is 0 Å². The molecule has 3 aliphatic rings. The molecule has 150 valence electrons. The maximum absolute atomic E-state index is 5.12. The van der Waals surface area contributed by atoms with Gasteiger partial charge in [0.25, 0.3) is 0 Å². The highest BCUT2D eigenvalue weighted by Gasteiger charge is 2.40. The van der Waals surface area contributed by atoms with Crippen LogP contribution in [0.5, 0.6) is 0 Å². The van der Waals surface area contributed by atoms with Crippen LogP contribution in [0.2, 0.25) is 0 Å². The lowest BCUT2D eigenvalue weighted by Crippen LogP contribution is -2.59. The summed E-state index contributed by atoms with van der Waals surface area (Å²) < 4.78 is 0. The van der Waals surface area contributed by atoms with Crippen LogP contribution in [-0.2, 0) is 0 Å². The lowest BCUT2D eigenvalue weighted by molar-refractivity contribution is 0.126. The Hall–Kier alpha value is -1.98. The molecular formula is C23H33N5. The van der Waals surface area contributed by atoms with Gasteiger partial charge in [-0.05, 0) is 62.9 Å². The van der Waals surface area contributed by atoms with E-state index in [1.54, 1.807) is 6.08 Å². The molecule has 1 aromatic rings. The third-order valence-corrected chi connectivity index (χ3v) is 6.82. The molecule has 5 nitrogen and oxygen atoms in total. The predicted octanol–water partition coefficient (Wildman–Crippen LogP) is 1.41. The molecule has 0 aliphatic carbocycles. The molecule has 0 bridgehead atoms. The van der Waals surface area contributed by atoms with Crippen molar-refractivity contribution in [3.05, 3.63) is 41.2 Å². The van der Waals surface area contributed by atoms with Gasteiger partial charge in [-0.1, -0.05) is 25.8 Å². The van der Waals surface area contributed by atoms with Crippen molar-refractivity contribution in [1.29, 1.82) is 0 Å². The summed E-state index contributed by atoms with van der Waals surface area (Å²) in [5.74, 6) is 2.44. The maximum Gasteiger partial charge on any atom is 0.140 e. The van der Waals surface area contributed by atoms with Crippen LogP contribution in [0.25, 0.3) is 12.7 Å². The van der Waals surface area contributed by atoms with E-state index in [0.717, 1.165) is 79.9 Å². The second-order valence-electron chi connectivity index (χ2n) is 8.86. The molecule has 4 rings (SSSR count). The van der Waals surface area contributed by atoms with Crippen molar-refractivity contribution in [2.24, 2.45) is 5.41 Å². The van der Waals surface area contributed by atoms with Gasteiger partial charge in [-0.2, -0.15) is 0 Å². The van der Waals surface area contributed by atoms with Gasteiger partial charge in [0.1, 0.15) is 11.6 Å². The number of hydrogen-bond acceptors (Lipinski definition) is 5. The Bertz CT molecular complexity index is 852. The Balaban J connectivity index is 1.68. The Morgan fingerprint density at radius 2 is 1.82 bits per heavy atom. The first-order valence-electron chi connectivity index (χ1n) is 10.5. The van der Waals surface area contributed by atoms with E-state index in [4.69, 9.17) is 9.97 Å². The van der Waals surface area contributed by atoms with E-state index in [-0.39, 0.29) is 0 Å². The summed E-state index contributed by atoms with van der Waals surface area (Å²) in [5.41, 5.74) is 1.39. The van der Waals surface area contributed by atoms with Gasteiger partial charge in [-0.15, -0.1) is 0 Å². The zero-order valence-corrected chi connectivity index (χ0v) is 17.2. The second-order valence-corrected chi connectivity index (χ2v) is 8.86. The average molecular weight is 380 g/mol. The van der Waals surface area contributed by atoms with E-state index in [0.29, 0.717) is 11.3 Å². The predicted molar refractivity (Wildman–Crippen MR) is 117 cm³/mol. The lowest BCUT2D eigenvalue weighted by atomic mass is 9.73. The Kier molecular flexibility index (Phi) is 5.39. The topological polar surface area (TPSA) is 44.3 Å². The van der Waals surface area contributed by atoms with E-state index in [2.05, 4.69) is 41.9 Å². The largest absolute Gasteiger partial charge is 0.356 e. The molecule has 1 aromatic heterocycles. The van der Waals surface area contributed by atoms with Gasteiger partial charge in [0, 0.05) is 37.3 Å². The normalized spacial score (nSPS) is 23.6. The number of anilines is 1. The van der Waals surface area contributed by atoms with Crippen LogP contribution < -0.4 is 20.8 Å². The number of aromatic nitrogens is 2. The van der Waals surface area contributed by atoms with Crippen molar-refractivity contribution in [2.45, 2.75) is 31.6 Å². The third kappa shape index (κ3) is 3.78. The molecule has 4 heterocycles. The summed E-state index contributed by atoms with van der Waals surface area (Å²) >= 11 is 0. The molecular weight excluding hydrogens is 346 g/mol. The third-order valence-electron chi connectivity index (χ3n) is 6.82. The smallest absolute Gasteiger partial charge is 0.140 e. The first-order chi connectivity index (χ1) is 13.5. The fourth-order valence-electron chi connectivity index (χ4n) is 4.63. The molecule has 5 heteroatoms. The van der Waals surface area contributed by atoms with Crippen molar-refractivity contribution in [1.82, 2.24) is 20.2 Å². The molecule has 0 atom stereocenters. The van der Waals surface area contributed by atoms with Crippen LogP contribution in [0.1, 0.15) is 37.4 Å². The Morgan fingerprint density at radius 3 is 2.39 bits per heavy atom. The van der Waals surface area contributed by atoms with Gasteiger partial charge >= 0.3 is 0 Å². The Labute approximate surface area is 168 Å². The van der Waals surface area contributed by atoms with Crippen LogP contribution in [0, 0.1) is 5.41 Å². The fraction of sp³-hybridized carbons (Fsp3) is 0.565. The number of likely N-dealkylation sites (tertiary alicyclic amines) is 1. The molecule has 0 saturated carbocycles. The summed E-state index contributed by atoms with van der Waals surface area (Å²) in [6.07, 6.45) is 8.50. The van der Waals surface area contributed by atoms with E-state index in [1.165, 1.54) is 12.8 Å². The monoisotopic (exact) mass is 379 g/mol. The lowest BCUT2D eigenvalue weighted by Gasteiger charge is -2.48. The van der Waals surface area contributed by atoms with Crippen molar-refractivity contribution < 1.29 is 0 Å². The summed E-state index contributed by atoms with van der Waals surface area (Å²) in [7, 11) is 2.19.